The van der Waals surface area contributed by atoms with Gasteiger partial charge in [-0.1, -0.05) is 37.2 Å². The second-order valence-electron chi connectivity index (χ2n) is 6.73. The van der Waals surface area contributed by atoms with Crippen LogP contribution in [0.25, 0.3) is 0 Å². The summed E-state index contributed by atoms with van der Waals surface area (Å²) >= 11 is 7.45. The number of nitrogens with zero attached hydrogens (tertiary/aromatic N) is 4. The second-order valence-corrected chi connectivity index (χ2v) is 8.06. The van der Waals surface area contributed by atoms with Gasteiger partial charge >= 0.3 is 0 Å². The lowest BCUT2D eigenvalue weighted by molar-refractivity contribution is -0.133. The lowest BCUT2D eigenvalue weighted by Gasteiger charge is -2.40. The maximum atomic E-state index is 12.0. The van der Waals surface area contributed by atoms with E-state index in [2.05, 4.69) is 20.2 Å². The summed E-state index contributed by atoms with van der Waals surface area (Å²) in [7, 11) is 0. The highest BCUT2D eigenvalue weighted by Crippen LogP contribution is 2.24. The third kappa shape index (κ3) is 6.24. The number of carbonyl (C=O) groups is 2. The van der Waals surface area contributed by atoms with E-state index in [-0.39, 0.29) is 29.7 Å². The topological polar surface area (TPSA) is 78.4 Å². The Morgan fingerprint density at radius 2 is 2.11 bits per heavy atom. The largest absolute Gasteiger partial charge is 0.353 e. The molecule has 9 heteroatoms. The van der Waals surface area contributed by atoms with Crippen molar-refractivity contribution in [3.63, 3.8) is 0 Å². The lowest BCUT2D eigenvalue weighted by atomic mass is 10.1. The number of carbonyl (C=O) groups excluding carboxylic acids is 2. The van der Waals surface area contributed by atoms with Gasteiger partial charge in [-0.3, -0.25) is 9.59 Å². The molecule has 150 valence electrons. The van der Waals surface area contributed by atoms with E-state index in [1.807, 2.05) is 32.6 Å². The maximum Gasteiger partial charge on any atom is 0.230 e. The van der Waals surface area contributed by atoms with Crippen LogP contribution in [0.2, 0.25) is 5.15 Å². The van der Waals surface area contributed by atoms with Gasteiger partial charge < -0.3 is 15.1 Å². The van der Waals surface area contributed by atoms with Gasteiger partial charge in [0.2, 0.25) is 11.8 Å². The highest BCUT2D eigenvalue weighted by Gasteiger charge is 2.27. The first-order chi connectivity index (χ1) is 12.8. The number of hydrogen-bond acceptors (Lipinski definition) is 6. The molecule has 1 saturated heterocycles. The van der Waals surface area contributed by atoms with Crippen molar-refractivity contribution < 1.29 is 9.59 Å². The number of aromatic nitrogens is 2. The molecule has 0 aliphatic carbocycles. The number of thioether (sulfide) groups is 1. The molecule has 1 aromatic heterocycles. The molecule has 1 aliphatic rings. The van der Waals surface area contributed by atoms with Gasteiger partial charge in [0.15, 0.2) is 5.16 Å². The third-order valence-electron chi connectivity index (χ3n) is 4.59. The Bertz CT molecular complexity index is 675. The predicted molar refractivity (Wildman–Crippen MR) is 109 cm³/mol. The number of piperazine rings is 1. The summed E-state index contributed by atoms with van der Waals surface area (Å²) in [6.45, 7) is 9.97. The number of hydrogen-bond donors (Lipinski definition) is 1. The van der Waals surface area contributed by atoms with E-state index >= 15 is 0 Å². The molecule has 1 aromatic rings. The van der Waals surface area contributed by atoms with Crippen LogP contribution in [0.4, 0.5) is 5.82 Å². The molecule has 0 saturated carbocycles. The molecule has 1 fully saturated rings. The van der Waals surface area contributed by atoms with Crippen LogP contribution in [-0.2, 0) is 9.59 Å². The number of rotatable bonds is 7. The van der Waals surface area contributed by atoms with Crippen molar-refractivity contribution in [3.05, 3.63) is 11.2 Å². The van der Waals surface area contributed by atoms with Crippen molar-refractivity contribution in [3.8, 4) is 0 Å². The van der Waals surface area contributed by atoms with Crippen molar-refractivity contribution in [1.29, 1.82) is 0 Å². The minimum atomic E-state index is -0.0419. The molecule has 27 heavy (non-hydrogen) atoms. The SMILES string of the molecule is CCC(=O)N1CCN(c2cc(Cl)nc(SCC(=O)N[C@@H](C)CC)n2)C[C@H]1C. The summed E-state index contributed by atoms with van der Waals surface area (Å²) in [4.78, 5) is 36.8. The zero-order chi connectivity index (χ0) is 20.0. The van der Waals surface area contributed by atoms with Crippen LogP contribution in [0.5, 0.6) is 0 Å². The molecule has 0 spiro atoms. The van der Waals surface area contributed by atoms with E-state index in [0.717, 1.165) is 12.2 Å². The van der Waals surface area contributed by atoms with Crippen LogP contribution in [0.15, 0.2) is 11.2 Å². The van der Waals surface area contributed by atoms with Crippen LogP contribution in [0.3, 0.4) is 0 Å². The zero-order valence-electron chi connectivity index (χ0n) is 16.4. The van der Waals surface area contributed by atoms with Gasteiger partial charge in [-0.05, 0) is 20.3 Å². The number of amides is 2. The molecular formula is C18H28ClN5O2S. The summed E-state index contributed by atoms with van der Waals surface area (Å²) in [6.07, 6.45) is 1.40. The molecule has 0 unspecified atom stereocenters. The van der Waals surface area contributed by atoms with Crippen LogP contribution in [-0.4, -0.2) is 64.2 Å². The van der Waals surface area contributed by atoms with Gasteiger partial charge in [0.1, 0.15) is 11.0 Å². The van der Waals surface area contributed by atoms with Crippen molar-refractivity contribution >= 4 is 41.0 Å². The van der Waals surface area contributed by atoms with Crippen LogP contribution in [0.1, 0.15) is 40.5 Å². The van der Waals surface area contributed by atoms with Crippen molar-refractivity contribution in [2.45, 2.75) is 57.8 Å². The lowest BCUT2D eigenvalue weighted by Crippen LogP contribution is -2.54. The molecule has 2 rings (SSSR count). The maximum absolute atomic E-state index is 12.0. The van der Waals surface area contributed by atoms with Gasteiger partial charge in [0, 0.05) is 44.2 Å². The monoisotopic (exact) mass is 413 g/mol. The Morgan fingerprint density at radius 3 is 2.74 bits per heavy atom. The summed E-state index contributed by atoms with van der Waals surface area (Å²) < 4.78 is 0. The Labute approximate surface area is 170 Å². The smallest absolute Gasteiger partial charge is 0.230 e. The van der Waals surface area contributed by atoms with Crippen LogP contribution >= 0.6 is 23.4 Å². The van der Waals surface area contributed by atoms with Gasteiger partial charge in [0.25, 0.3) is 0 Å². The summed E-state index contributed by atoms with van der Waals surface area (Å²) in [5.74, 6) is 1.11. The van der Waals surface area contributed by atoms with E-state index in [9.17, 15) is 9.59 Å². The summed E-state index contributed by atoms with van der Waals surface area (Å²) in [5.41, 5.74) is 0. The fourth-order valence-corrected chi connectivity index (χ4v) is 3.79. The molecule has 2 atom stereocenters. The highest BCUT2D eigenvalue weighted by atomic mass is 35.5. The number of nitrogens with one attached hydrogen (secondary N) is 1. The van der Waals surface area contributed by atoms with E-state index in [1.54, 1.807) is 6.07 Å². The van der Waals surface area contributed by atoms with Crippen molar-refractivity contribution in [1.82, 2.24) is 20.2 Å². The van der Waals surface area contributed by atoms with Crippen molar-refractivity contribution in [2.75, 3.05) is 30.3 Å². The minimum absolute atomic E-state index is 0.0419. The molecule has 2 heterocycles. The average molecular weight is 414 g/mol. The molecule has 1 N–H and O–H groups in total. The number of anilines is 1. The summed E-state index contributed by atoms with van der Waals surface area (Å²) in [6, 6.07) is 1.99. The van der Waals surface area contributed by atoms with E-state index in [4.69, 9.17) is 11.6 Å². The molecule has 0 aromatic carbocycles. The Morgan fingerprint density at radius 1 is 1.37 bits per heavy atom. The Balaban J connectivity index is 2.01. The fraction of sp³-hybridized carbons (Fsp3) is 0.667. The molecule has 7 nitrogen and oxygen atoms in total. The molecule has 1 aliphatic heterocycles. The normalized spacial score (nSPS) is 18.3. The Kier molecular flexibility index (Phi) is 8.16. The number of halogens is 1. The Hall–Kier alpha value is -1.54. The first kappa shape index (κ1) is 21.8. The van der Waals surface area contributed by atoms with Gasteiger partial charge in [-0.2, -0.15) is 0 Å². The van der Waals surface area contributed by atoms with Gasteiger partial charge in [0.05, 0.1) is 5.75 Å². The van der Waals surface area contributed by atoms with Gasteiger partial charge in [-0.15, -0.1) is 0 Å². The quantitative estimate of drug-likeness (QED) is 0.420. The first-order valence-corrected chi connectivity index (χ1v) is 10.7. The molecule has 0 bridgehead atoms. The average Bonchev–Trinajstić information content (AvgIpc) is 2.65. The first-order valence-electron chi connectivity index (χ1n) is 9.35. The third-order valence-corrected chi connectivity index (χ3v) is 5.63. The van der Waals surface area contributed by atoms with Crippen LogP contribution in [0, 0.1) is 0 Å². The zero-order valence-corrected chi connectivity index (χ0v) is 17.9. The molecule has 2 amide bonds. The fourth-order valence-electron chi connectivity index (χ4n) is 2.90. The van der Waals surface area contributed by atoms with Gasteiger partial charge in [-0.25, -0.2) is 9.97 Å². The second kappa shape index (κ2) is 10.1. The van der Waals surface area contributed by atoms with E-state index in [0.29, 0.717) is 36.4 Å². The van der Waals surface area contributed by atoms with E-state index < -0.39 is 0 Å². The molecular weight excluding hydrogens is 386 g/mol. The summed E-state index contributed by atoms with van der Waals surface area (Å²) in [5, 5.41) is 3.76. The minimum Gasteiger partial charge on any atom is -0.353 e. The predicted octanol–water partition coefficient (Wildman–Crippen LogP) is 2.58. The van der Waals surface area contributed by atoms with Crippen molar-refractivity contribution in [2.24, 2.45) is 0 Å². The highest BCUT2D eigenvalue weighted by molar-refractivity contribution is 7.99. The molecule has 0 radical (unpaired) electrons. The van der Waals surface area contributed by atoms with E-state index in [1.165, 1.54) is 11.8 Å². The van der Waals surface area contributed by atoms with Crippen LogP contribution < -0.4 is 10.2 Å². The standard InChI is InChI=1S/C18H28ClN5O2S/c1-5-12(3)20-16(25)11-27-18-21-14(19)9-15(22-18)23-7-8-24(13(4)10-23)17(26)6-2/h9,12-13H,5-8,10-11H2,1-4H3,(H,20,25)/t12-,13+/m0/s1.